The summed E-state index contributed by atoms with van der Waals surface area (Å²) in [5.41, 5.74) is 0.0000218. The van der Waals surface area contributed by atoms with Crippen molar-refractivity contribution in [1.29, 1.82) is 0 Å². The Morgan fingerprint density at radius 3 is 2.55 bits per heavy atom. The molecule has 1 fully saturated rings. The van der Waals surface area contributed by atoms with Gasteiger partial charge >= 0.3 is 0 Å². The highest BCUT2D eigenvalue weighted by atomic mass is 32.2. The van der Waals surface area contributed by atoms with E-state index in [2.05, 4.69) is 30.8 Å². The maximum atomic E-state index is 12.5. The Morgan fingerprint density at radius 2 is 1.95 bits per heavy atom. The van der Waals surface area contributed by atoms with Crippen molar-refractivity contribution >= 4 is 10.2 Å². The van der Waals surface area contributed by atoms with Crippen molar-refractivity contribution in [3.63, 3.8) is 0 Å². The third kappa shape index (κ3) is 5.31. The van der Waals surface area contributed by atoms with Crippen molar-refractivity contribution in [1.82, 2.24) is 14.3 Å². The summed E-state index contributed by atoms with van der Waals surface area (Å²) in [5, 5.41) is 3.27. The van der Waals surface area contributed by atoms with Crippen LogP contribution < -0.4 is 10.0 Å². The zero-order valence-corrected chi connectivity index (χ0v) is 14.2. The first kappa shape index (κ1) is 17.9. The van der Waals surface area contributed by atoms with Crippen LogP contribution in [-0.4, -0.2) is 44.9 Å². The van der Waals surface area contributed by atoms with Crippen LogP contribution in [0.1, 0.15) is 53.4 Å². The number of hydrogen-bond acceptors (Lipinski definition) is 3. The van der Waals surface area contributed by atoms with Crippen molar-refractivity contribution in [2.45, 2.75) is 59.4 Å². The second-order valence-corrected chi connectivity index (χ2v) is 8.12. The van der Waals surface area contributed by atoms with Crippen molar-refractivity contribution in [2.24, 2.45) is 5.41 Å². The number of rotatable bonds is 8. The summed E-state index contributed by atoms with van der Waals surface area (Å²) in [7, 11) is -3.36. The van der Waals surface area contributed by atoms with Crippen LogP contribution in [0.15, 0.2) is 0 Å². The summed E-state index contributed by atoms with van der Waals surface area (Å²) in [6, 6.07) is 0.0888. The van der Waals surface area contributed by atoms with Gasteiger partial charge in [0.2, 0.25) is 0 Å². The van der Waals surface area contributed by atoms with Crippen LogP contribution in [0.5, 0.6) is 0 Å². The first-order valence-corrected chi connectivity index (χ1v) is 9.23. The largest absolute Gasteiger partial charge is 0.315 e. The third-order valence-electron chi connectivity index (χ3n) is 4.20. The molecule has 5 nitrogen and oxygen atoms in total. The van der Waals surface area contributed by atoms with Crippen molar-refractivity contribution in [3.8, 4) is 0 Å². The van der Waals surface area contributed by atoms with Crippen molar-refractivity contribution in [2.75, 3.05) is 26.2 Å². The summed E-state index contributed by atoms with van der Waals surface area (Å²) < 4.78 is 29.5. The molecule has 1 atom stereocenters. The molecule has 2 N–H and O–H groups in total. The molecule has 0 bridgehead atoms. The van der Waals surface area contributed by atoms with Gasteiger partial charge < -0.3 is 5.32 Å². The fourth-order valence-electron chi connectivity index (χ4n) is 2.30. The maximum Gasteiger partial charge on any atom is 0.279 e. The van der Waals surface area contributed by atoms with Crippen LogP contribution in [0.4, 0.5) is 0 Å². The molecule has 0 saturated carbocycles. The highest BCUT2D eigenvalue weighted by Crippen LogP contribution is 2.22. The van der Waals surface area contributed by atoms with Gasteiger partial charge in [-0.15, -0.1) is 0 Å². The molecule has 1 aliphatic heterocycles. The maximum absolute atomic E-state index is 12.5. The molecule has 0 aromatic rings. The number of piperidine rings is 1. The molecule has 0 spiro atoms. The van der Waals surface area contributed by atoms with Crippen LogP contribution in [-0.2, 0) is 10.2 Å². The van der Waals surface area contributed by atoms with Gasteiger partial charge in [-0.1, -0.05) is 34.1 Å². The highest BCUT2D eigenvalue weighted by molar-refractivity contribution is 7.87. The second-order valence-electron chi connectivity index (χ2n) is 6.41. The van der Waals surface area contributed by atoms with Gasteiger partial charge in [0.15, 0.2) is 0 Å². The standard InChI is InChI=1S/C14H31N3O2S/c1-5-14(3,4)12-16-20(18,19)17-10-8-7-9-13(17)11-15-6-2/h13,15-16H,5-12H2,1-4H3. The van der Waals surface area contributed by atoms with Gasteiger partial charge in [0.1, 0.15) is 0 Å². The number of likely N-dealkylation sites (N-methyl/N-ethyl adjacent to an activating group) is 1. The van der Waals surface area contributed by atoms with E-state index in [1.165, 1.54) is 0 Å². The van der Waals surface area contributed by atoms with Gasteiger partial charge in [0.05, 0.1) is 0 Å². The first-order valence-electron chi connectivity index (χ1n) is 7.79. The molecular formula is C14H31N3O2S. The monoisotopic (exact) mass is 305 g/mol. The van der Waals surface area contributed by atoms with Gasteiger partial charge in [0.25, 0.3) is 10.2 Å². The molecule has 6 heteroatoms. The molecule has 0 amide bonds. The van der Waals surface area contributed by atoms with E-state index in [1.807, 2.05) is 6.92 Å². The zero-order valence-electron chi connectivity index (χ0n) is 13.4. The van der Waals surface area contributed by atoms with E-state index in [0.717, 1.165) is 38.8 Å². The Hall–Kier alpha value is -0.170. The molecule has 0 aliphatic carbocycles. The van der Waals surface area contributed by atoms with Crippen LogP contribution in [0, 0.1) is 5.41 Å². The lowest BCUT2D eigenvalue weighted by atomic mass is 9.91. The summed E-state index contributed by atoms with van der Waals surface area (Å²) in [5.74, 6) is 0. The summed E-state index contributed by atoms with van der Waals surface area (Å²) in [6.45, 7) is 11.1. The van der Waals surface area contributed by atoms with E-state index < -0.39 is 10.2 Å². The van der Waals surface area contributed by atoms with Crippen LogP contribution in [0.3, 0.4) is 0 Å². The Bertz CT molecular complexity index is 382. The van der Waals surface area contributed by atoms with Gasteiger partial charge in [0, 0.05) is 25.7 Å². The normalized spacial score (nSPS) is 22.1. The van der Waals surface area contributed by atoms with E-state index in [4.69, 9.17) is 0 Å². The SMILES string of the molecule is CCNCC1CCCCN1S(=O)(=O)NCC(C)(C)CC. The molecule has 1 saturated heterocycles. The molecule has 1 unspecified atom stereocenters. The minimum Gasteiger partial charge on any atom is -0.315 e. The summed E-state index contributed by atoms with van der Waals surface area (Å²) >= 11 is 0. The molecule has 0 aromatic heterocycles. The van der Waals surface area contributed by atoms with Gasteiger partial charge in [-0.25, -0.2) is 4.72 Å². The minimum atomic E-state index is -3.36. The van der Waals surface area contributed by atoms with Gasteiger partial charge in [-0.3, -0.25) is 0 Å². The highest BCUT2D eigenvalue weighted by Gasteiger charge is 2.32. The van der Waals surface area contributed by atoms with Crippen LogP contribution in [0.2, 0.25) is 0 Å². The van der Waals surface area contributed by atoms with Crippen LogP contribution in [0.25, 0.3) is 0 Å². The number of nitrogens with zero attached hydrogens (tertiary/aromatic N) is 1. The van der Waals surface area contributed by atoms with E-state index in [9.17, 15) is 8.42 Å². The fraction of sp³-hybridized carbons (Fsp3) is 1.00. The second kappa shape index (κ2) is 7.73. The Kier molecular flexibility index (Phi) is 6.91. The number of nitrogens with one attached hydrogen (secondary N) is 2. The molecule has 1 heterocycles. The molecule has 20 heavy (non-hydrogen) atoms. The summed E-state index contributed by atoms with van der Waals surface area (Å²) in [4.78, 5) is 0. The Labute approximate surface area is 124 Å². The van der Waals surface area contributed by atoms with E-state index >= 15 is 0 Å². The predicted octanol–water partition coefficient (Wildman–Crippen LogP) is 1.72. The van der Waals surface area contributed by atoms with Crippen molar-refractivity contribution < 1.29 is 8.42 Å². The molecule has 0 aromatic carbocycles. The Balaban J connectivity index is 2.67. The lowest BCUT2D eigenvalue weighted by Gasteiger charge is -2.35. The average Bonchev–Trinajstić information content (AvgIpc) is 2.43. The quantitative estimate of drug-likeness (QED) is 0.718. The first-order chi connectivity index (χ1) is 9.32. The van der Waals surface area contributed by atoms with Crippen LogP contribution >= 0.6 is 0 Å². The number of hydrogen-bond donors (Lipinski definition) is 2. The lowest BCUT2D eigenvalue weighted by Crippen LogP contribution is -2.53. The third-order valence-corrected chi connectivity index (χ3v) is 5.81. The fourth-order valence-corrected chi connectivity index (χ4v) is 3.98. The van der Waals surface area contributed by atoms with E-state index in [-0.39, 0.29) is 11.5 Å². The summed E-state index contributed by atoms with van der Waals surface area (Å²) in [6.07, 6.45) is 3.98. The minimum absolute atomic E-state index is 0.0000218. The van der Waals surface area contributed by atoms with Crippen molar-refractivity contribution in [3.05, 3.63) is 0 Å². The van der Waals surface area contributed by atoms with E-state index in [0.29, 0.717) is 13.1 Å². The topological polar surface area (TPSA) is 61.4 Å². The Morgan fingerprint density at radius 1 is 1.25 bits per heavy atom. The molecular weight excluding hydrogens is 274 g/mol. The average molecular weight is 305 g/mol. The predicted molar refractivity (Wildman–Crippen MR) is 83.9 cm³/mol. The smallest absolute Gasteiger partial charge is 0.279 e. The molecule has 1 aliphatic rings. The molecule has 120 valence electrons. The van der Waals surface area contributed by atoms with Gasteiger partial charge in [-0.2, -0.15) is 12.7 Å². The zero-order chi connectivity index (χ0) is 15.2. The van der Waals surface area contributed by atoms with Gasteiger partial charge in [-0.05, 0) is 31.2 Å². The molecule has 1 rings (SSSR count). The molecule has 0 radical (unpaired) electrons. The van der Waals surface area contributed by atoms with E-state index in [1.54, 1.807) is 4.31 Å². The lowest BCUT2D eigenvalue weighted by molar-refractivity contribution is 0.240.